The van der Waals surface area contributed by atoms with Crippen molar-refractivity contribution < 1.29 is 28.7 Å². The number of hydrogen-bond donors (Lipinski definition) is 4. The highest BCUT2D eigenvalue weighted by Gasteiger charge is 2.39. The molecule has 2 rings (SSSR count). The van der Waals surface area contributed by atoms with Crippen LogP contribution in [0.2, 0.25) is 0 Å². The Morgan fingerprint density at radius 3 is 2.05 bits per heavy atom. The molecule has 0 saturated heterocycles. The van der Waals surface area contributed by atoms with Crippen LogP contribution in [0.3, 0.4) is 0 Å². The van der Waals surface area contributed by atoms with Crippen LogP contribution < -0.4 is 4.57 Å². The Labute approximate surface area is 129 Å². The van der Waals surface area contributed by atoms with E-state index in [0.29, 0.717) is 0 Å². The van der Waals surface area contributed by atoms with Crippen molar-refractivity contribution in [2.24, 2.45) is 0 Å². The summed E-state index contributed by atoms with van der Waals surface area (Å²) >= 11 is 0. The predicted octanol–water partition coefficient (Wildman–Crippen LogP) is 1.37. The molecule has 1 aromatic carbocycles. The highest BCUT2D eigenvalue weighted by Crippen LogP contribution is 2.55. The third-order valence-corrected chi connectivity index (χ3v) is 6.40. The van der Waals surface area contributed by atoms with Gasteiger partial charge in [-0.3, -0.25) is 4.57 Å². The minimum absolute atomic E-state index is 0.144. The molecule has 1 heterocycles. The number of hydrogen-bond acceptors (Lipinski definition) is 3. The monoisotopic (exact) mass is 342 g/mol. The second kappa shape index (κ2) is 7.42. The van der Waals surface area contributed by atoms with Gasteiger partial charge in [-0.25, -0.2) is 4.57 Å². The van der Waals surface area contributed by atoms with Crippen LogP contribution >= 0.6 is 16.0 Å². The molecule has 0 aliphatic rings. The van der Waals surface area contributed by atoms with Gasteiger partial charge >= 0.3 is 7.60 Å². The van der Waals surface area contributed by atoms with E-state index in [1.807, 2.05) is 42.5 Å². The van der Waals surface area contributed by atoms with Crippen molar-refractivity contribution in [2.75, 3.05) is 0 Å². The summed E-state index contributed by atoms with van der Waals surface area (Å²) in [7, 11) is -7.26. The smallest absolute Gasteiger partial charge is 0.343 e. The first-order chi connectivity index (χ1) is 10.4. The van der Waals surface area contributed by atoms with E-state index in [1.54, 1.807) is 17.0 Å². The zero-order valence-electron chi connectivity index (χ0n) is 11.7. The molecule has 0 saturated carbocycles. The van der Waals surface area contributed by atoms with Crippen LogP contribution in [0.5, 0.6) is 0 Å². The lowest BCUT2D eigenvalue weighted by atomic mass is 10.1. The summed E-state index contributed by atoms with van der Waals surface area (Å²) < 4.78 is 12.8. The second-order valence-electron chi connectivity index (χ2n) is 4.96. The van der Waals surface area contributed by atoms with Crippen LogP contribution in [-0.2, 0) is 17.5 Å². The van der Waals surface area contributed by atoms with Crippen molar-refractivity contribution in [1.29, 1.82) is 0 Å². The molecule has 2 aromatic rings. The number of rotatable bonds is 6. The Bertz CT molecular complexity index is 642. The zero-order valence-corrected chi connectivity index (χ0v) is 13.5. The molecule has 118 valence electrons. The number of nitrogens with zero attached hydrogens (tertiary/aromatic N) is 1. The first-order valence-electron chi connectivity index (χ1n) is 6.60. The molecule has 22 heavy (non-hydrogen) atoms. The first kappa shape index (κ1) is 17.2. The second-order valence-corrected chi connectivity index (χ2v) is 8.43. The van der Waals surface area contributed by atoms with E-state index in [9.17, 15) is 14.4 Å². The molecule has 0 radical (unpaired) electrons. The van der Waals surface area contributed by atoms with Gasteiger partial charge in [0.2, 0.25) is 0 Å². The van der Waals surface area contributed by atoms with Gasteiger partial charge < -0.3 is 19.6 Å². The molecule has 0 aliphatic carbocycles. The summed E-state index contributed by atoms with van der Waals surface area (Å²) in [5.74, 6) is 0. The van der Waals surface area contributed by atoms with Gasteiger partial charge in [0.25, 0.3) is 0 Å². The highest BCUT2D eigenvalue weighted by atomic mass is 31.2. The highest BCUT2D eigenvalue weighted by molar-refractivity contribution is 7.67. The molecular formula is C14H18NO5P2+. The molecular weight excluding hydrogens is 324 g/mol. The summed E-state index contributed by atoms with van der Waals surface area (Å²) in [6.45, 7) is -0.144. The van der Waals surface area contributed by atoms with Crippen LogP contribution in [-0.4, -0.2) is 25.0 Å². The Balaban J connectivity index is 2.07. The van der Waals surface area contributed by atoms with E-state index in [0.717, 1.165) is 12.0 Å². The average molecular weight is 342 g/mol. The third kappa shape index (κ3) is 4.96. The minimum Gasteiger partial charge on any atom is -0.349 e. The maximum atomic E-state index is 11.3. The van der Waals surface area contributed by atoms with Crippen LogP contribution in [0.25, 0.3) is 0 Å². The Morgan fingerprint density at radius 1 is 1.00 bits per heavy atom. The van der Waals surface area contributed by atoms with Crippen molar-refractivity contribution in [3.8, 4) is 0 Å². The van der Waals surface area contributed by atoms with Crippen molar-refractivity contribution in [3.63, 3.8) is 0 Å². The molecule has 8 heteroatoms. The topological polar surface area (TPSA) is 102 Å². The van der Waals surface area contributed by atoms with Gasteiger partial charge in [0, 0.05) is 12.1 Å². The number of aromatic nitrogens is 1. The summed E-state index contributed by atoms with van der Waals surface area (Å²) in [6, 6.07) is 13.6. The van der Waals surface area contributed by atoms with E-state index in [2.05, 4.69) is 0 Å². The van der Waals surface area contributed by atoms with Gasteiger partial charge in [-0.15, -0.1) is 0 Å². The van der Waals surface area contributed by atoms with E-state index >= 15 is 0 Å². The SMILES string of the molecule is O=P(O)(O)C(C[n+]1ccc(Cc2ccccc2)cc1)P(O)O. The molecule has 0 bridgehead atoms. The van der Waals surface area contributed by atoms with Crippen molar-refractivity contribution in [1.82, 2.24) is 0 Å². The van der Waals surface area contributed by atoms with Crippen molar-refractivity contribution in [3.05, 3.63) is 66.0 Å². The fraction of sp³-hybridized carbons (Fsp3) is 0.214. The number of pyridine rings is 1. The summed E-state index contributed by atoms with van der Waals surface area (Å²) in [5, 5.41) is -1.48. The normalized spacial score (nSPS) is 13.3. The van der Waals surface area contributed by atoms with Crippen molar-refractivity contribution >= 4 is 16.0 Å². The predicted molar refractivity (Wildman–Crippen MR) is 83.1 cm³/mol. The minimum atomic E-state index is -4.56. The molecule has 6 nitrogen and oxygen atoms in total. The third-order valence-electron chi connectivity index (χ3n) is 3.24. The summed E-state index contributed by atoms with van der Waals surface area (Å²) in [4.78, 5) is 36.7. The first-order valence-corrected chi connectivity index (χ1v) is 9.60. The van der Waals surface area contributed by atoms with E-state index in [1.165, 1.54) is 5.56 Å². The Hall–Kier alpha value is -1.13. The Morgan fingerprint density at radius 2 is 1.55 bits per heavy atom. The maximum Gasteiger partial charge on any atom is 0.343 e. The van der Waals surface area contributed by atoms with Gasteiger partial charge in [-0.05, 0) is 17.5 Å². The van der Waals surface area contributed by atoms with Crippen LogP contribution in [0.1, 0.15) is 11.1 Å². The van der Waals surface area contributed by atoms with Crippen LogP contribution in [0.4, 0.5) is 0 Å². The fourth-order valence-electron chi connectivity index (χ4n) is 2.06. The Kier molecular flexibility index (Phi) is 5.81. The lowest BCUT2D eigenvalue weighted by Gasteiger charge is -2.16. The van der Waals surface area contributed by atoms with Crippen molar-refractivity contribution in [2.45, 2.75) is 18.4 Å². The van der Waals surface area contributed by atoms with Gasteiger partial charge in [-0.2, -0.15) is 0 Å². The average Bonchev–Trinajstić information content (AvgIpc) is 2.46. The molecule has 0 spiro atoms. The quantitative estimate of drug-likeness (QED) is 0.469. The summed E-state index contributed by atoms with van der Waals surface area (Å²) in [6.07, 6.45) is 4.12. The van der Waals surface area contributed by atoms with Crippen LogP contribution in [0, 0.1) is 0 Å². The van der Waals surface area contributed by atoms with Gasteiger partial charge in [-0.1, -0.05) is 30.3 Å². The molecule has 0 fully saturated rings. The van der Waals surface area contributed by atoms with E-state index in [-0.39, 0.29) is 6.54 Å². The lowest BCUT2D eigenvalue weighted by molar-refractivity contribution is -0.694. The molecule has 0 aliphatic heterocycles. The van der Waals surface area contributed by atoms with Gasteiger partial charge in [0.05, 0.1) is 0 Å². The largest absolute Gasteiger partial charge is 0.349 e. The van der Waals surface area contributed by atoms with E-state index < -0.39 is 21.4 Å². The fourth-order valence-corrected chi connectivity index (χ4v) is 3.87. The molecule has 1 aromatic heterocycles. The maximum absolute atomic E-state index is 11.3. The molecule has 4 N–H and O–H groups in total. The molecule has 1 atom stereocenters. The van der Waals surface area contributed by atoms with E-state index in [4.69, 9.17) is 9.79 Å². The summed E-state index contributed by atoms with van der Waals surface area (Å²) in [5.41, 5.74) is 2.23. The van der Waals surface area contributed by atoms with Crippen LogP contribution in [0.15, 0.2) is 54.9 Å². The number of benzene rings is 1. The zero-order chi connectivity index (χ0) is 16.2. The van der Waals surface area contributed by atoms with Gasteiger partial charge in [0.15, 0.2) is 32.7 Å². The standard InChI is InChI=1S/C14H17NO5P2/c16-21(17)14(22(18,19)20)11-15-8-6-13(7-9-15)10-12-4-2-1-3-5-12/h1-9,14,16-17H,10-11H2,(H-,18,19,20)/p+1. The molecule has 0 amide bonds. The molecule has 1 unspecified atom stereocenters. The van der Waals surface area contributed by atoms with Gasteiger partial charge in [0.1, 0.15) is 0 Å². The lowest BCUT2D eigenvalue weighted by Crippen LogP contribution is -2.38.